The molecule has 3 rings (SSSR count). The number of aliphatic hydroxyl groups excluding tert-OH is 1. The second-order valence-electron chi connectivity index (χ2n) is 6.50. The summed E-state index contributed by atoms with van der Waals surface area (Å²) < 4.78 is 21.3. The van der Waals surface area contributed by atoms with Crippen LogP contribution in [0.25, 0.3) is 11.1 Å². The minimum Gasteiger partial charge on any atom is -0.504 e. The van der Waals surface area contributed by atoms with Crippen molar-refractivity contribution in [3.63, 3.8) is 0 Å². The van der Waals surface area contributed by atoms with Gasteiger partial charge in [0.2, 0.25) is 5.75 Å². The number of ether oxygens (including phenoxy) is 4. The summed E-state index contributed by atoms with van der Waals surface area (Å²) in [5, 5.41) is 24.1. The number of nitrogens with zero attached hydrogens (tertiary/aromatic N) is 1. The lowest BCUT2D eigenvalue weighted by Gasteiger charge is -2.17. The first-order chi connectivity index (χ1) is 14.0. The summed E-state index contributed by atoms with van der Waals surface area (Å²) in [5.74, 6) is 1.48. The Morgan fingerprint density at radius 3 is 1.97 bits per heavy atom. The van der Waals surface area contributed by atoms with E-state index in [2.05, 4.69) is 5.18 Å². The van der Waals surface area contributed by atoms with Gasteiger partial charge in [-0.05, 0) is 46.5 Å². The summed E-state index contributed by atoms with van der Waals surface area (Å²) in [6.45, 7) is 0. The first-order valence-electron chi connectivity index (χ1n) is 8.91. The Morgan fingerprint density at radius 2 is 1.48 bits per heavy atom. The van der Waals surface area contributed by atoms with Crippen molar-refractivity contribution in [1.82, 2.24) is 0 Å². The van der Waals surface area contributed by atoms with Crippen molar-refractivity contribution in [3.8, 4) is 28.7 Å². The Bertz CT molecular complexity index is 929. The van der Waals surface area contributed by atoms with Crippen LogP contribution in [0.2, 0.25) is 0 Å². The van der Waals surface area contributed by atoms with E-state index in [9.17, 15) is 15.1 Å². The average molecular weight is 401 g/mol. The Balaban J connectivity index is 2.27. The van der Waals surface area contributed by atoms with Crippen molar-refractivity contribution in [3.05, 3.63) is 46.4 Å². The number of benzene rings is 2. The first kappa shape index (κ1) is 20.5. The predicted molar refractivity (Wildman–Crippen MR) is 108 cm³/mol. The monoisotopic (exact) mass is 401 g/mol. The maximum Gasteiger partial charge on any atom is 0.203 e. The van der Waals surface area contributed by atoms with E-state index in [0.29, 0.717) is 45.3 Å². The largest absolute Gasteiger partial charge is 0.504 e. The fourth-order valence-corrected chi connectivity index (χ4v) is 3.69. The van der Waals surface area contributed by atoms with Gasteiger partial charge in [0.1, 0.15) is 6.04 Å². The zero-order chi connectivity index (χ0) is 21.1. The van der Waals surface area contributed by atoms with Gasteiger partial charge in [-0.1, -0.05) is 11.2 Å². The Kier molecular flexibility index (Phi) is 5.93. The van der Waals surface area contributed by atoms with Gasteiger partial charge in [0.05, 0.1) is 34.5 Å². The van der Waals surface area contributed by atoms with Gasteiger partial charge in [0, 0.05) is 6.42 Å². The molecule has 8 nitrogen and oxygen atoms in total. The summed E-state index contributed by atoms with van der Waals surface area (Å²) in [6, 6.07) is 7.43. The lowest BCUT2D eigenvalue weighted by molar-refractivity contribution is 0.227. The molecule has 154 valence electrons. The van der Waals surface area contributed by atoms with E-state index < -0.39 is 12.1 Å². The van der Waals surface area contributed by atoms with Crippen LogP contribution in [0.3, 0.4) is 0 Å². The van der Waals surface area contributed by atoms with E-state index in [4.69, 9.17) is 18.9 Å². The first-order valence-corrected chi connectivity index (χ1v) is 8.91. The number of phenols is 1. The molecule has 1 aliphatic rings. The lowest BCUT2D eigenvalue weighted by Crippen LogP contribution is -2.07. The summed E-state index contributed by atoms with van der Waals surface area (Å²) in [4.78, 5) is 11.6. The quantitative estimate of drug-likeness (QED) is 0.686. The van der Waals surface area contributed by atoms with Gasteiger partial charge in [0.25, 0.3) is 0 Å². The van der Waals surface area contributed by atoms with Crippen LogP contribution in [-0.2, 0) is 0 Å². The molecule has 2 N–H and O–H groups in total. The van der Waals surface area contributed by atoms with E-state index in [0.717, 1.165) is 0 Å². The van der Waals surface area contributed by atoms with Crippen LogP contribution in [0.4, 0.5) is 0 Å². The van der Waals surface area contributed by atoms with Crippen LogP contribution in [0.1, 0.15) is 17.5 Å². The second kappa shape index (κ2) is 8.40. The lowest BCUT2D eigenvalue weighted by atomic mass is 9.94. The Hall–Kier alpha value is -3.26. The van der Waals surface area contributed by atoms with E-state index in [-0.39, 0.29) is 12.2 Å². The summed E-state index contributed by atoms with van der Waals surface area (Å²) >= 11 is 0. The molecule has 8 heteroatoms. The van der Waals surface area contributed by atoms with Crippen molar-refractivity contribution in [2.45, 2.75) is 18.6 Å². The van der Waals surface area contributed by atoms with Gasteiger partial charge in [-0.2, -0.15) is 4.91 Å². The highest BCUT2D eigenvalue weighted by Crippen LogP contribution is 2.47. The third kappa shape index (κ3) is 3.58. The minimum absolute atomic E-state index is 0.0727. The predicted octanol–water partition coefficient (Wildman–Crippen LogP) is 3.24. The molecule has 0 amide bonds. The third-order valence-electron chi connectivity index (χ3n) is 5.00. The Morgan fingerprint density at radius 1 is 0.862 bits per heavy atom. The maximum atomic E-state index is 11.6. The van der Waals surface area contributed by atoms with Crippen LogP contribution in [-0.4, -0.2) is 50.8 Å². The van der Waals surface area contributed by atoms with Crippen molar-refractivity contribution < 1.29 is 29.2 Å². The number of rotatable bonds is 7. The second-order valence-corrected chi connectivity index (χ2v) is 6.50. The van der Waals surface area contributed by atoms with Gasteiger partial charge >= 0.3 is 0 Å². The molecule has 2 atom stereocenters. The molecule has 29 heavy (non-hydrogen) atoms. The van der Waals surface area contributed by atoms with Crippen molar-refractivity contribution in [1.29, 1.82) is 0 Å². The fraction of sp³-hybridized carbons (Fsp3) is 0.333. The average Bonchev–Trinajstić information content (AvgIpc) is 3.08. The van der Waals surface area contributed by atoms with Gasteiger partial charge in [0.15, 0.2) is 23.0 Å². The highest BCUT2D eigenvalue weighted by Gasteiger charge is 2.36. The topological polar surface area (TPSA) is 107 Å². The van der Waals surface area contributed by atoms with Gasteiger partial charge in [-0.3, -0.25) is 0 Å². The molecule has 0 radical (unpaired) electrons. The molecular formula is C21H23NO7. The molecule has 0 aromatic heterocycles. The highest BCUT2D eigenvalue weighted by molar-refractivity contribution is 5.98. The molecule has 0 spiro atoms. The van der Waals surface area contributed by atoms with E-state index in [1.54, 1.807) is 24.3 Å². The molecule has 2 aromatic rings. The molecule has 2 aromatic carbocycles. The minimum atomic E-state index is -0.931. The highest BCUT2D eigenvalue weighted by atomic mass is 16.5. The zero-order valence-corrected chi connectivity index (χ0v) is 16.6. The van der Waals surface area contributed by atoms with Crippen LogP contribution in [0, 0.1) is 4.91 Å². The van der Waals surface area contributed by atoms with Crippen molar-refractivity contribution in [2.75, 3.05) is 28.4 Å². The van der Waals surface area contributed by atoms with E-state index in [1.807, 2.05) is 0 Å². The van der Waals surface area contributed by atoms with Crippen molar-refractivity contribution in [2.24, 2.45) is 5.18 Å². The number of methoxy groups -OCH3 is 4. The number of hydrogen-bond acceptors (Lipinski definition) is 8. The van der Waals surface area contributed by atoms with E-state index in [1.165, 1.54) is 34.5 Å². The molecule has 0 fully saturated rings. The summed E-state index contributed by atoms with van der Waals surface area (Å²) in [7, 11) is 5.94. The molecule has 2 unspecified atom stereocenters. The molecule has 0 heterocycles. The molecule has 0 aliphatic heterocycles. The van der Waals surface area contributed by atoms with Crippen LogP contribution >= 0.6 is 0 Å². The molecule has 1 aliphatic carbocycles. The summed E-state index contributed by atoms with van der Waals surface area (Å²) in [6.07, 6.45) is -0.794. The summed E-state index contributed by atoms with van der Waals surface area (Å²) in [5.41, 5.74) is 2.20. The standard InChI is InChI=1S/C21H23NO7/c1-26-16-6-5-11(7-14(16)23)20-15(24)10-13(22-25)19(20)12-8-17(27-2)21(29-4)18(9-12)28-3/h5-9,13,15,23-24H,10H2,1-4H3. The number of hydrogen-bond donors (Lipinski definition) is 2. The molecule has 0 bridgehead atoms. The molecular weight excluding hydrogens is 378 g/mol. The molecule has 0 saturated carbocycles. The molecule has 0 saturated heterocycles. The van der Waals surface area contributed by atoms with Gasteiger partial charge < -0.3 is 29.2 Å². The SMILES string of the molecule is COc1ccc(C2=C(c3cc(OC)c(OC)c(OC)c3)C(N=O)CC2O)cc1O. The number of aromatic hydroxyl groups is 1. The van der Waals surface area contributed by atoms with Crippen LogP contribution < -0.4 is 18.9 Å². The van der Waals surface area contributed by atoms with Crippen LogP contribution in [0.5, 0.6) is 28.7 Å². The number of phenolic OH excluding ortho intramolecular Hbond substituents is 1. The fourth-order valence-electron chi connectivity index (χ4n) is 3.69. The zero-order valence-electron chi connectivity index (χ0n) is 16.6. The van der Waals surface area contributed by atoms with Gasteiger partial charge in [-0.15, -0.1) is 0 Å². The number of nitroso groups, excluding NO2 is 1. The van der Waals surface area contributed by atoms with Gasteiger partial charge in [-0.25, -0.2) is 0 Å². The number of aliphatic hydroxyl groups is 1. The third-order valence-corrected chi connectivity index (χ3v) is 5.00. The van der Waals surface area contributed by atoms with Crippen LogP contribution in [0.15, 0.2) is 35.5 Å². The van der Waals surface area contributed by atoms with Crippen molar-refractivity contribution >= 4 is 11.1 Å². The smallest absolute Gasteiger partial charge is 0.203 e. The normalized spacial score (nSPS) is 18.5. The maximum absolute atomic E-state index is 11.6. The van der Waals surface area contributed by atoms with E-state index >= 15 is 0 Å². The Labute approximate surface area is 168 Å².